The fraction of sp³-hybridized carbons (Fsp3) is 0.182. The summed E-state index contributed by atoms with van der Waals surface area (Å²) < 4.78 is 20.7. The third-order valence-corrected chi connectivity index (χ3v) is 5.23. The maximum Gasteiger partial charge on any atom is 0.253 e. The van der Waals surface area contributed by atoms with Crippen LogP contribution in [0.5, 0.6) is 0 Å². The predicted octanol–water partition coefficient (Wildman–Crippen LogP) is 2.74. The van der Waals surface area contributed by atoms with Gasteiger partial charge in [0, 0.05) is 23.9 Å². The van der Waals surface area contributed by atoms with Crippen LogP contribution in [0.3, 0.4) is 0 Å². The second kappa shape index (κ2) is 7.77. The fourth-order valence-electron chi connectivity index (χ4n) is 3.74. The molecule has 3 heterocycles. The van der Waals surface area contributed by atoms with Crippen LogP contribution in [0.2, 0.25) is 0 Å². The van der Waals surface area contributed by atoms with Crippen molar-refractivity contribution >= 4 is 22.6 Å². The van der Waals surface area contributed by atoms with Gasteiger partial charge in [0.25, 0.3) is 5.95 Å². The zero-order valence-corrected chi connectivity index (χ0v) is 16.5. The Balaban J connectivity index is 1.57. The van der Waals surface area contributed by atoms with E-state index in [2.05, 4.69) is 15.4 Å². The van der Waals surface area contributed by atoms with Crippen LogP contribution in [0.4, 0.5) is 10.2 Å². The number of nitrogens with two attached hydrogens (primary N) is 1. The van der Waals surface area contributed by atoms with Gasteiger partial charge in [-0.3, -0.25) is 4.79 Å². The number of carbonyl (C=O) groups excluding carboxylic acids is 1. The highest BCUT2D eigenvalue weighted by molar-refractivity contribution is 6.05. The number of primary amides is 1. The molecule has 0 atom stereocenters. The molecule has 2 aromatic carbocycles. The number of rotatable bonds is 5. The van der Waals surface area contributed by atoms with E-state index in [1.807, 2.05) is 12.1 Å². The molecule has 2 aromatic heterocycles. The Morgan fingerprint density at radius 3 is 2.94 bits per heavy atom. The average Bonchev–Trinajstić information content (AvgIpc) is 3.21. The van der Waals surface area contributed by atoms with E-state index in [4.69, 9.17) is 15.5 Å². The summed E-state index contributed by atoms with van der Waals surface area (Å²) in [6.45, 7) is 1.36. The highest BCUT2D eigenvalue weighted by Gasteiger charge is 2.21. The summed E-state index contributed by atoms with van der Waals surface area (Å²) in [5.74, 6) is 0.193. The van der Waals surface area contributed by atoms with Crippen LogP contribution in [-0.4, -0.2) is 32.3 Å². The number of benzene rings is 2. The topological polar surface area (TPSA) is 108 Å². The number of nitrogens with zero attached hydrogens (tertiary/aromatic N) is 4. The Hall–Kier alpha value is -3.85. The van der Waals surface area contributed by atoms with Gasteiger partial charge in [0.05, 0.1) is 36.2 Å². The summed E-state index contributed by atoms with van der Waals surface area (Å²) >= 11 is 0. The van der Waals surface area contributed by atoms with E-state index in [1.165, 1.54) is 12.1 Å². The number of fused-ring (bicyclic) bond motifs is 2. The van der Waals surface area contributed by atoms with Crippen LogP contribution < -0.4 is 11.1 Å². The van der Waals surface area contributed by atoms with Crippen molar-refractivity contribution in [2.75, 3.05) is 11.9 Å². The first-order valence-corrected chi connectivity index (χ1v) is 9.83. The molecule has 156 valence electrons. The van der Waals surface area contributed by atoms with Crippen LogP contribution in [0.25, 0.3) is 16.9 Å². The van der Waals surface area contributed by atoms with Gasteiger partial charge in [-0.1, -0.05) is 18.2 Å². The van der Waals surface area contributed by atoms with E-state index in [1.54, 1.807) is 29.1 Å². The summed E-state index contributed by atoms with van der Waals surface area (Å²) in [4.78, 5) is 21.1. The maximum absolute atomic E-state index is 13.5. The van der Waals surface area contributed by atoms with Crippen molar-refractivity contribution in [2.24, 2.45) is 5.73 Å². The Morgan fingerprint density at radius 2 is 2.10 bits per heavy atom. The lowest BCUT2D eigenvalue weighted by Gasteiger charge is -2.20. The van der Waals surface area contributed by atoms with Crippen molar-refractivity contribution < 1.29 is 13.9 Å². The molecule has 0 saturated carbocycles. The number of aromatic nitrogens is 4. The van der Waals surface area contributed by atoms with Crippen LogP contribution in [0.15, 0.2) is 48.7 Å². The molecule has 31 heavy (non-hydrogen) atoms. The van der Waals surface area contributed by atoms with E-state index in [9.17, 15) is 9.18 Å². The van der Waals surface area contributed by atoms with Crippen molar-refractivity contribution in [1.29, 1.82) is 0 Å². The van der Waals surface area contributed by atoms with Gasteiger partial charge in [0.15, 0.2) is 0 Å². The normalized spacial score (nSPS) is 13.2. The first-order chi connectivity index (χ1) is 15.1. The lowest BCUT2D eigenvalue weighted by molar-refractivity contribution is 0.100. The number of carbonyl (C=O) groups is 1. The molecule has 8 nitrogen and oxygen atoms in total. The van der Waals surface area contributed by atoms with Crippen molar-refractivity contribution in [2.45, 2.75) is 19.6 Å². The number of halogens is 1. The van der Waals surface area contributed by atoms with Crippen LogP contribution >= 0.6 is 0 Å². The Kier molecular flexibility index (Phi) is 4.79. The largest absolute Gasteiger partial charge is 0.375 e. The van der Waals surface area contributed by atoms with Crippen LogP contribution in [0, 0.1) is 5.82 Å². The minimum atomic E-state index is -0.526. The number of hydrogen-bond acceptors (Lipinski definition) is 6. The van der Waals surface area contributed by atoms with Crippen molar-refractivity contribution in [1.82, 2.24) is 19.7 Å². The van der Waals surface area contributed by atoms with Gasteiger partial charge in [-0.15, -0.1) is 0 Å². The molecule has 1 aliphatic heterocycles. The van der Waals surface area contributed by atoms with Gasteiger partial charge in [-0.2, -0.15) is 14.8 Å². The van der Waals surface area contributed by atoms with Crippen LogP contribution in [0.1, 0.15) is 27.2 Å². The Labute approximate surface area is 176 Å². The predicted molar refractivity (Wildman–Crippen MR) is 112 cm³/mol. The molecule has 0 radical (unpaired) electrons. The number of ether oxygens (including phenoxy) is 1. The van der Waals surface area contributed by atoms with Gasteiger partial charge < -0.3 is 15.8 Å². The first kappa shape index (κ1) is 19.1. The average molecular weight is 418 g/mol. The molecule has 1 aliphatic rings. The van der Waals surface area contributed by atoms with Gasteiger partial charge in [-0.25, -0.2) is 9.37 Å². The summed E-state index contributed by atoms with van der Waals surface area (Å²) in [5.41, 5.74) is 9.09. The SMILES string of the molecule is NC(=O)c1cccc2c1cnn2-c1nc2c(c(NCc3cccc(F)c3)n1)CCOC2. The smallest absolute Gasteiger partial charge is 0.253 e. The van der Waals surface area contributed by atoms with Crippen molar-refractivity contribution in [3.8, 4) is 5.95 Å². The minimum Gasteiger partial charge on any atom is -0.375 e. The lowest BCUT2D eigenvalue weighted by atomic mass is 10.1. The molecule has 9 heteroatoms. The van der Waals surface area contributed by atoms with Gasteiger partial charge in [-0.05, 0) is 29.8 Å². The molecular formula is C22H19FN6O2. The molecule has 1 amide bonds. The molecule has 3 N–H and O–H groups in total. The van der Waals surface area contributed by atoms with Crippen LogP contribution in [-0.2, 0) is 24.3 Å². The highest BCUT2D eigenvalue weighted by Crippen LogP contribution is 2.26. The molecule has 0 aliphatic carbocycles. The Morgan fingerprint density at radius 1 is 1.23 bits per heavy atom. The third-order valence-electron chi connectivity index (χ3n) is 5.23. The highest BCUT2D eigenvalue weighted by atomic mass is 19.1. The standard InChI is InChI=1S/C22H19FN6O2/c23-14-4-1-3-13(9-14)10-25-21-16-7-8-31-12-18(16)27-22(28-21)29-19-6-2-5-15(20(24)30)17(19)11-26-29/h1-6,9,11H,7-8,10,12H2,(H2,24,30)(H,25,27,28). The van der Waals surface area contributed by atoms with Crippen molar-refractivity contribution in [3.63, 3.8) is 0 Å². The summed E-state index contributed by atoms with van der Waals surface area (Å²) in [7, 11) is 0. The summed E-state index contributed by atoms with van der Waals surface area (Å²) in [5, 5.41) is 8.33. The van der Waals surface area contributed by atoms with E-state index in [-0.39, 0.29) is 5.82 Å². The van der Waals surface area contributed by atoms with Gasteiger partial charge in [0.2, 0.25) is 5.91 Å². The zero-order chi connectivity index (χ0) is 21.4. The van der Waals surface area contributed by atoms with Gasteiger partial charge in [0.1, 0.15) is 11.6 Å². The number of nitrogens with one attached hydrogen (secondary N) is 1. The summed E-state index contributed by atoms with van der Waals surface area (Å²) in [6.07, 6.45) is 2.25. The molecular weight excluding hydrogens is 399 g/mol. The van der Waals surface area contributed by atoms with E-state index >= 15 is 0 Å². The van der Waals surface area contributed by atoms with E-state index in [0.717, 1.165) is 16.8 Å². The molecule has 4 aromatic rings. The second-order valence-electron chi connectivity index (χ2n) is 7.24. The molecule has 0 bridgehead atoms. The van der Waals surface area contributed by atoms with E-state index < -0.39 is 5.91 Å². The number of anilines is 1. The molecule has 0 unspecified atom stereocenters. The molecule has 0 saturated heterocycles. The number of amides is 1. The maximum atomic E-state index is 13.5. The van der Waals surface area contributed by atoms with Gasteiger partial charge >= 0.3 is 0 Å². The quantitative estimate of drug-likeness (QED) is 0.516. The second-order valence-corrected chi connectivity index (χ2v) is 7.24. The monoisotopic (exact) mass is 418 g/mol. The lowest BCUT2D eigenvalue weighted by Crippen LogP contribution is -2.19. The number of hydrogen-bond donors (Lipinski definition) is 2. The molecule has 5 rings (SSSR count). The molecule has 0 spiro atoms. The molecule has 0 fully saturated rings. The first-order valence-electron chi connectivity index (χ1n) is 9.83. The third kappa shape index (κ3) is 3.59. The fourth-order valence-corrected chi connectivity index (χ4v) is 3.74. The minimum absolute atomic E-state index is 0.286. The summed E-state index contributed by atoms with van der Waals surface area (Å²) in [6, 6.07) is 11.6. The van der Waals surface area contributed by atoms with Crippen molar-refractivity contribution in [3.05, 3.63) is 76.9 Å². The zero-order valence-electron chi connectivity index (χ0n) is 16.5. The van der Waals surface area contributed by atoms with E-state index in [0.29, 0.717) is 54.4 Å². The Bertz CT molecular complexity index is 1300.